The van der Waals surface area contributed by atoms with Crippen LogP contribution >= 0.6 is 15.9 Å². The number of ether oxygens (including phenoxy) is 1. The molecule has 0 amide bonds. The lowest BCUT2D eigenvalue weighted by Gasteiger charge is -2.41. The molecule has 3 atom stereocenters. The Bertz CT molecular complexity index is 436. The molecule has 0 aromatic heterocycles. The van der Waals surface area contributed by atoms with E-state index in [0.717, 1.165) is 24.0 Å². The smallest absolute Gasteiger partial charge is 0.0723 e. The first-order valence-electron chi connectivity index (χ1n) is 6.96. The van der Waals surface area contributed by atoms with Crippen molar-refractivity contribution in [3.63, 3.8) is 0 Å². The Hall–Kier alpha value is -0.580. The van der Waals surface area contributed by atoms with Gasteiger partial charge in [0.2, 0.25) is 0 Å². The van der Waals surface area contributed by atoms with E-state index in [1.165, 1.54) is 11.3 Å². The van der Waals surface area contributed by atoms with E-state index in [0.29, 0.717) is 6.04 Å². The lowest BCUT2D eigenvalue weighted by Crippen LogP contribution is -2.49. The van der Waals surface area contributed by atoms with E-state index in [4.69, 9.17) is 10.5 Å². The first kappa shape index (κ1) is 14.8. The van der Waals surface area contributed by atoms with Gasteiger partial charge in [0.25, 0.3) is 0 Å². The lowest BCUT2D eigenvalue weighted by molar-refractivity contribution is 0.0299. The van der Waals surface area contributed by atoms with Crippen molar-refractivity contribution in [2.45, 2.75) is 45.4 Å². The molecule has 0 radical (unpaired) electrons. The van der Waals surface area contributed by atoms with Crippen LogP contribution in [-0.4, -0.2) is 25.3 Å². The SMILES string of the molecule is CCC1COC(C)CN1c1cc(Br)ccc1C(C)N. The van der Waals surface area contributed by atoms with Crippen LogP contribution in [-0.2, 0) is 4.74 Å². The van der Waals surface area contributed by atoms with E-state index < -0.39 is 0 Å². The molecule has 1 saturated heterocycles. The normalized spacial score (nSPS) is 25.4. The first-order valence-corrected chi connectivity index (χ1v) is 7.75. The average molecular weight is 327 g/mol. The van der Waals surface area contributed by atoms with Crippen LogP contribution in [0.15, 0.2) is 22.7 Å². The molecule has 3 nitrogen and oxygen atoms in total. The summed E-state index contributed by atoms with van der Waals surface area (Å²) in [6, 6.07) is 6.84. The fourth-order valence-corrected chi connectivity index (χ4v) is 2.98. The third kappa shape index (κ3) is 3.30. The molecule has 0 aliphatic carbocycles. The molecule has 4 heteroatoms. The molecule has 0 saturated carbocycles. The van der Waals surface area contributed by atoms with E-state index in [2.05, 4.69) is 52.9 Å². The number of hydrogen-bond acceptors (Lipinski definition) is 3. The monoisotopic (exact) mass is 326 g/mol. The van der Waals surface area contributed by atoms with Crippen LogP contribution in [0.2, 0.25) is 0 Å². The van der Waals surface area contributed by atoms with Crippen molar-refractivity contribution in [1.82, 2.24) is 0 Å². The van der Waals surface area contributed by atoms with Gasteiger partial charge in [-0.05, 0) is 38.0 Å². The molecule has 1 aliphatic heterocycles. The van der Waals surface area contributed by atoms with Gasteiger partial charge in [-0.1, -0.05) is 28.9 Å². The van der Waals surface area contributed by atoms with Crippen molar-refractivity contribution in [2.75, 3.05) is 18.1 Å². The van der Waals surface area contributed by atoms with Gasteiger partial charge in [0.1, 0.15) is 0 Å². The maximum absolute atomic E-state index is 6.12. The number of nitrogens with two attached hydrogens (primary N) is 1. The second-order valence-electron chi connectivity index (χ2n) is 5.35. The first-order chi connectivity index (χ1) is 9.02. The summed E-state index contributed by atoms with van der Waals surface area (Å²) in [5, 5.41) is 0. The molecule has 3 unspecified atom stereocenters. The van der Waals surface area contributed by atoms with Crippen LogP contribution in [0.1, 0.15) is 38.8 Å². The summed E-state index contributed by atoms with van der Waals surface area (Å²) in [6.07, 6.45) is 1.35. The highest BCUT2D eigenvalue weighted by molar-refractivity contribution is 9.10. The second kappa shape index (κ2) is 6.25. The van der Waals surface area contributed by atoms with Crippen LogP contribution in [0.5, 0.6) is 0 Å². The Kier molecular flexibility index (Phi) is 4.87. The zero-order valence-electron chi connectivity index (χ0n) is 11.9. The van der Waals surface area contributed by atoms with Crippen LogP contribution in [0.4, 0.5) is 5.69 Å². The van der Waals surface area contributed by atoms with Gasteiger partial charge in [0.05, 0.1) is 18.8 Å². The van der Waals surface area contributed by atoms with Gasteiger partial charge in [0.15, 0.2) is 0 Å². The number of nitrogens with zero attached hydrogens (tertiary/aromatic N) is 1. The van der Waals surface area contributed by atoms with Gasteiger partial charge in [-0.25, -0.2) is 0 Å². The van der Waals surface area contributed by atoms with E-state index in [-0.39, 0.29) is 12.1 Å². The summed E-state index contributed by atoms with van der Waals surface area (Å²) < 4.78 is 6.88. The predicted molar refractivity (Wildman–Crippen MR) is 83.6 cm³/mol. The summed E-state index contributed by atoms with van der Waals surface area (Å²) >= 11 is 3.57. The van der Waals surface area contributed by atoms with E-state index >= 15 is 0 Å². The zero-order chi connectivity index (χ0) is 14.0. The number of benzene rings is 1. The minimum atomic E-state index is 0.0405. The number of morpholine rings is 1. The number of anilines is 1. The highest BCUT2D eigenvalue weighted by atomic mass is 79.9. The zero-order valence-corrected chi connectivity index (χ0v) is 13.5. The number of hydrogen-bond donors (Lipinski definition) is 1. The Morgan fingerprint density at radius 1 is 1.53 bits per heavy atom. The predicted octanol–water partition coefficient (Wildman–Crippen LogP) is 3.47. The molecule has 1 fully saturated rings. The molecule has 19 heavy (non-hydrogen) atoms. The third-order valence-corrected chi connectivity index (χ3v) is 4.22. The van der Waals surface area contributed by atoms with Crippen molar-refractivity contribution in [2.24, 2.45) is 5.73 Å². The molecule has 0 spiro atoms. The fraction of sp³-hybridized carbons (Fsp3) is 0.600. The van der Waals surface area contributed by atoms with Gasteiger partial charge in [-0.2, -0.15) is 0 Å². The second-order valence-corrected chi connectivity index (χ2v) is 6.27. The molecule has 1 aromatic carbocycles. The van der Waals surface area contributed by atoms with Gasteiger partial charge < -0.3 is 15.4 Å². The highest BCUT2D eigenvalue weighted by Gasteiger charge is 2.27. The Morgan fingerprint density at radius 3 is 2.89 bits per heavy atom. The summed E-state index contributed by atoms with van der Waals surface area (Å²) in [5.74, 6) is 0. The van der Waals surface area contributed by atoms with Gasteiger partial charge in [-0.3, -0.25) is 0 Å². The van der Waals surface area contributed by atoms with E-state index in [1.807, 2.05) is 6.92 Å². The maximum Gasteiger partial charge on any atom is 0.0723 e. The third-order valence-electron chi connectivity index (χ3n) is 3.73. The van der Waals surface area contributed by atoms with E-state index in [9.17, 15) is 0 Å². The maximum atomic E-state index is 6.12. The summed E-state index contributed by atoms with van der Waals surface area (Å²) in [7, 11) is 0. The highest BCUT2D eigenvalue weighted by Crippen LogP contribution is 2.32. The Balaban J connectivity index is 2.39. The molecule has 106 valence electrons. The molecule has 2 rings (SSSR count). The molecule has 1 aromatic rings. The fourth-order valence-electron chi connectivity index (χ4n) is 2.63. The van der Waals surface area contributed by atoms with Crippen molar-refractivity contribution < 1.29 is 4.74 Å². The van der Waals surface area contributed by atoms with Gasteiger partial charge in [0, 0.05) is 22.7 Å². The molecule has 0 bridgehead atoms. The van der Waals surface area contributed by atoms with Crippen LogP contribution in [0, 0.1) is 0 Å². The summed E-state index contributed by atoms with van der Waals surface area (Å²) in [5.41, 5.74) is 8.57. The molecule has 1 heterocycles. The lowest BCUT2D eigenvalue weighted by atomic mass is 10.0. The molecular formula is C15H23BrN2O. The van der Waals surface area contributed by atoms with Crippen LogP contribution < -0.4 is 10.6 Å². The average Bonchev–Trinajstić information content (AvgIpc) is 2.38. The van der Waals surface area contributed by atoms with Crippen LogP contribution in [0.25, 0.3) is 0 Å². The number of halogens is 1. The standard InChI is InChI=1S/C15H23BrN2O/c1-4-13-9-19-10(2)8-18(13)15-7-12(16)5-6-14(15)11(3)17/h5-7,10-11,13H,4,8-9,17H2,1-3H3. The molecule has 1 aliphatic rings. The van der Waals surface area contributed by atoms with Crippen LogP contribution in [0.3, 0.4) is 0 Å². The Morgan fingerprint density at radius 2 is 2.26 bits per heavy atom. The minimum absolute atomic E-state index is 0.0405. The minimum Gasteiger partial charge on any atom is -0.375 e. The Labute approximate surface area is 124 Å². The number of rotatable bonds is 3. The summed E-state index contributed by atoms with van der Waals surface area (Å²) in [4.78, 5) is 2.46. The van der Waals surface area contributed by atoms with Crippen molar-refractivity contribution in [3.8, 4) is 0 Å². The molecular weight excluding hydrogens is 304 g/mol. The van der Waals surface area contributed by atoms with Crippen molar-refractivity contribution in [3.05, 3.63) is 28.2 Å². The molecule has 2 N–H and O–H groups in total. The van der Waals surface area contributed by atoms with Crippen molar-refractivity contribution in [1.29, 1.82) is 0 Å². The van der Waals surface area contributed by atoms with Gasteiger partial charge >= 0.3 is 0 Å². The van der Waals surface area contributed by atoms with E-state index in [1.54, 1.807) is 0 Å². The summed E-state index contributed by atoms with van der Waals surface area (Å²) in [6.45, 7) is 8.10. The topological polar surface area (TPSA) is 38.5 Å². The van der Waals surface area contributed by atoms with Crippen molar-refractivity contribution >= 4 is 21.6 Å². The largest absolute Gasteiger partial charge is 0.375 e. The van der Waals surface area contributed by atoms with Gasteiger partial charge in [-0.15, -0.1) is 0 Å². The quantitative estimate of drug-likeness (QED) is 0.924.